The largest absolute Gasteiger partial charge is 0.386 e. The number of fused-ring (bicyclic) bond motifs is 1. The first-order valence-electron chi connectivity index (χ1n) is 5.65. The van der Waals surface area contributed by atoms with E-state index < -0.39 is 5.60 Å². The van der Waals surface area contributed by atoms with Crippen LogP contribution in [-0.4, -0.2) is 39.6 Å². The van der Waals surface area contributed by atoms with Gasteiger partial charge in [0.05, 0.1) is 29.8 Å². The Morgan fingerprint density at radius 1 is 1.41 bits per heavy atom. The second-order valence-electron chi connectivity index (χ2n) is 4.91. The fourth-order valence-corrected chi connectivity index (χ4v) is 2.35. The van der Waals surface area contributed by atoms with Gasteiger partial charge in [-0.05, 0) is 19.1 Å². The van der Waals surface area contributed by atoms with Gasteiger partial charge in [0.15, 0.2) is 0 Å². The molecule has 88 valence electrons. The molecule has 0 saturated carbocycles. The van der Waals surface area contributed by atoms with Crippen molar-refractivity contribution < 1.29 is 9.90 Å². The third-order valence-electron chi connectivity index (χ3n) is 3.17. The number of aliphatic hydroxyl groups is 1. The van der Waals surface area contributed by atoms with Gasteiger partial charge in [-0.15, -0.1) is 0 Å². The lowest BCUT2D eigenvalue weighted by atomic mass is 9.95. The highest BCUT2D eigenvalue weighted by Gasteiger charge is 2.39. The number of benzene rings is 1. The monoisotopic (exact) mass is 230 g/mol. The van der Waals surface area contributed by atoms with E-state index in [4.69, 9.17) is 0 Å². The zero-order chi connectivity index (χ0) is 12.0. The zero-order valence-electron chi connectivity index (χ0n) is 9.60. The predicted octanol–water partition coefficient (Wildman–Crippen LogP) is 1.37. The summed E-state index contributed by atoms with van der Waals surface area (Å²) < 4.78 is 0. The van der Waals surface area contributed by atoms with Gasteiger partial charge in [-0.25, -0.2) is 0 Å². The molecule has 0 atom stereocenters. The minimum absolute atomic E-state index is 0.0235. The molecule has 4 heteroatoms. The molecule has 0 aliphatic carbocycles. The van der Waals surface area contributed by atoms with Crippen LogP contribution in [0.2, 0.25) is 0 Å². The predicted molar refractivity (Wildman–Crippen MR) is 64.8 cm³/mol. The van der Waals surface area contributed by atoms with Gasteiger partial charge in [0.1, 0.15) is 0 Å². The van der Waals surface area contributed by atoms with Gasteiger partial charge in [-0.2, -0.15) is 0 Å². The molecular weight excluding hydrogens is 216 g/mol. The van der Waals surface area contributed by atoms with E-state index in [0.717, 1.165) is 10.9 Å². The Hall–Kier alpha value is -1.81. The highest BCUT2D eigenvalue weighted by Crippen LogP contribution is 2.25. The number of carbonyl (C=O) groups excluding carboxylic acids is 1. The maximum Gasteiger partial charge on any atom is 0.256 e. The molecule has 0 spiro atoms. The van der Waals surface area contributed by atoms with Crippen molar-refractivity contribution in [3.05, 3.63) is 36.0 Å². The van der Waals surface area contributed by atoms with Crippen molar-refractivity contribution in [1.29, 1.82) is 0 Å². The number of rotatable bonds is 1. The Morgan fingerprint density at radius 3 is 2.88 bits per heavy atom. The van der Waals surface area contributed by atoms with E-state index in [0.29, 0.717) is 18.7 Å². The lowest BCUT2D eigenvalue weighted by Crippen LogP contribution is -2.61. The van der Waals surface area contributed by atoms with E-state index in [1.54, 1.807) is 11.8 Å². The molecule has 1 aromatic heterocycles. The number of para-hydroxylation sites is 1. The van der Waals surface area contributed by atoms with E-state index in [1.165, 1.54) is 0 Å². The molecule has 0 radical (unpaired) electrons. The number of nitrogens with zero attached hydrogens (tertiary/aromatic N) is 1. The van der Waals surface area contributed by atoms with E-state index >= 15 is 0 Å². The van der Waals surface area contributed by atoms with Gasteiger partial charge >= 0.3 is 0 Å². The molecule has 3 rings (SSSR count). The SMILES string of the molecule is CC1(O)CN(C(=O)c2cccc3cc[nH]c23)C1. The lowest BCUT2D eigenvalue weighted by molar-refractivity contribution is -0.0668. The molecule has 0 unspecified atom stereocenters. The van der Waals surface area contributed by atoms with E-state index in [9.17, 15) is 9.90 Å². The van der Waals surface area contributed by atoms with E-state index in [1.807, 2.05) is 30.5 Å². The lowest BCUT2D eigenvalue weighted by Gasteiger charge is -2.44. The van der Waals surface area contributed by atoms with Crippen molar-refractivity contribution in [1.82, 2.24) is 9.88 Å². The summed E-state index contributed by atoms with van der Waals surface area (Å²) in [6.07, 6.45) is 1.83. The number of carbonyl (C=O) groups is 1. The summed E-state index contributed by atoms with van der Waals surface area (Å²) in [5.74, 6) is -0.0235. The fourth-order valence-electron chi connectivity index (χ4n) is 2.35. The number of H-pyrrole nitrogens is 1. The summed E-state index contributed by atoms with van der Waals surface area (Å²) >= 11 is 0. The Balaban J connectivity index is 1.94. The molecule has 4 nitrogen and oxygen atoms in total. The second kappa shape index (κ2) is 3.34. The summed E-state index contributed by atoms with van der Waals surface area (Å²) in [6.45, 7) is 2.55. The molecule has 1 amide bonds. The Kier molecular flexibility index (Phi) is 2.03. The fraction of sp³-hybridized carbons (Fsp3) is 0.308. The van der Waals surface area contributed by atoms with Gasteiger partial charge in [0.25, 0.3) is 5.91 Å². The number of aromatic nitrogens is 1. The van der Waals surface area contributed by atoms with Crippen LogP contribution in [0.25, 0.3) is 10.9 Å². The number of amides is 1. The highest BCUT2D eigenvalue weighted by molar-refractivity contribution is 6.06. The topological polar surface area (TPSA) is 56.3 Å². The van der Waals surface area contributed by atoms with Crippen LogP contribution in [0, 0.1) is 0 Å². The first-order valence-corrected chi connectivity index (χ1v) is 5.65. The van der Waals surface area contributed by atoms with Crippen molar-refractivity contribution in [2.45, 2.75) is 12.5 Å². The molecule has 2 N–H and O–H groups in total. The Morgan fingerprint density at radius 2 is 2.18 bits per heavy atom. The molecule has 17 heavy (non-hydrogen) atoms. The van der Waals surface area contributed by atoms with Crippen molar-refractivity contribution in [2.75, 3.05) is 13.1 Å². The van der Waals surface area contributed by atoms with Crippen LogP contribution in [0.4, 0.5) is 0 Å². The molecule has 0 bridgehead atoms. The van der Waals surface area contributed by atoms with Crippen molar-refractivity contribution in [3.8, 4) is 0 Å². The first kappa shape index (κ1) is 10.4. The zero-order valence-corrected chi connectivity index (χ0v) is 9.60. The number of likely N-dealkylation sites (tertiary alicyclic amines) is 1. The van der Waals surface area contributed by atoms with Crippen molar-refractivity contribution >= 4 is 16.8 Å². The van der Waals surface area contributed by atoms with E-state index in [2.05, 4.69) is 4.98 Å². The third kappa shape index (κ3) is 1.61. The molecule has 1 aliphatic heterocycles. The second-order valence-corrected chi connectivity index (χ2v) is 4.91. The van der Waals surface area contributed by atoms with Gasteiger partial charge < -0.3 is 15.0 Å². The maximum absolute atomic E-state index is 12.2. The number of β-amino-alcohol motifs (C(OH)–C–C–N with tert-alkyl or cyclic N) is 1. The average Bonchev–Trinajstić information content (AvgIpc) is 2.72. The molecular formula is C13H14N2O2. The van der Waals surface area contributed by atoms with Crippen molar-refractivity contribution in [3.63, 3.8) is 0 Å². The highest BCUT2D eigenvalue weighted by atomic mass is 16.3. The molecule has 1 aromatic carbocycles. The Bertz CT molecular complexity index is 578. The number of hydrogen-bond acceptors (Lipinski definition) is 2. The smallest absolute Gasteiger partial charge is 0.256 e. The Labute approximate surface area is 98.9 Å². The normalized spacial score (nSPS) is 18.1. The van der Waals surface area contributed by atoms with Crippen LogP contribution in [0.5, 0.6) is 0 Å². The molecule has 1 fully saturated rings. The minimum atomic E-state index is -0.723. The molecule has 1 saturated heterocycles. The van der Waals surface area contributed by atoms with Gasteiger partial charge in [-0.1, -0.05) is 12.1 Å². The summed E-state index contributed by atoms with van der Waals surface area (Å²) in [4.78, 5) is 17.0. The maximum atomic E-state index is 12.2. The third-order valence-corrected chi connectivity index (χ3v) is 3.17. The average molecular weight is 230 g/mol. The van der Waals surface area contributed by atoms with Crippen LogP contribution >= 0.6 is 0 Å². The molecule has 1 aliphatic rings. The van der Waals surface area contributed by atoms with Gasteiger partial charge in [0.2, 0.25) is 0 Å². The summed E-state index contributed by atoms with van der Waals surface area (Å²) in [5, 5.41) is 10.7. The summed E-state index contributed by atoms with van der Waals surface area (Å²) in [6, 6.07) is 7.60. The van der Waals surface area contributed by atoms with Crippen LogP contribution in [-0.2, 0) is 0 Å². The minimum Gasteiger partial charge on any atom is -0.386 e. The van der Waals surface area contributed by atoms with Gasteiger partial charge in [-0.3, -0.25) is 4.79 Å². The summed E-state index contributed by atoms with van der Waals surface area (Å²) in [5.41, 5.74) is 0.811. The van der Waals surface area contributed by atoms with Crippen LogP contribution in [0.15, 0.2) is 30.5 Å². The van der Waals surface area contributed by atoms with Crippen LogP contribution < -0.4 is 0 Å². The molecule has 2 heterocycles. The molecule has 2 aromatic rings. The number of nitrogens with one attached hydrogen (secondary N) is 1. The standard InChI is InChI=1S/C13H14N2O2/c1-13(17)7-15(8-13)12(16)10-4-2-3-9-5-6-14-11(9)10/h2-6,14,17H,7-8H2,1H3. The number of aromatic amines is 1. The van der Waals surface area contributed by atoms with Gasteiger partial charge in [0, 0.05) is 11.6 Å². The van der Waals surface area contributed by atoms with Crippen LogP contribution in [0.3, 0.4) is 0 Å². The van der Waals surface area contributed by atoms with Crippen LogP contribution in [0.1, 0.15) is 17.3 Å². The first-order chi connectivity index (χ1) is 8.07. The number of hydrogen-bond donors (Lipinski definition) is 2. The van der Waals surface area contributed by atoms with E-state index in [-0.39, 0.29) is 5.91 Å². The summed E-state index contributed by atoms with van der Waals surface area (Å²) in [7, 11) is 0. The quantitative estimate of drug-likeness (QED) is 0.777. The van der Waals surface area contributed by atoms with Crippen molar-refractivity contribution in [2.24, 2.45) is 0 Å².